The van der Waals surface area contributed by atoms with Gasteiger partial charge < -0.3 is 9.84 Å². The average Bonchev–Trinajstić information content (AvgIpc) is 3.23. The Hall–Kier alpha value is -1.89. The first-order chi connectivity index (χ1) is 14.2. The lowest BCUT2D eigenvalue weighted by molar-refractivity contribution is 0.0847. The number of benzene rings is 1. The lowest BCUT2D eigenvalue weighted by Gasteiger charge is -2.27. The highest BCUT2D eigenvalue weighted by Gasteiger charge is 2.25. The van der Waals surface area contributed by atoms with Crippen LogP contribution in [0.2, 0.25) is 0 Å². The van der Waals surface area contributed by atoms with Crippen molar-refractivity contribution in [2.24, 2.45) is 5.92 Å². The highest BCUT2D eigenvalue weighted by atomic mass is 32.1. The van der Waals surface area contributed by atoms with Gasteiger partial charge in [-0.2, -0.15) is 0 Å². The maximum atomic E-state index is 11.0. The number of hydrogen-bond acceptors (Lipinski definition) is 5. The molecule has 5 nitrogen and oxygen atoms in total. The second-order valence-electron chi connectivity index (χ2n) is 8.47. The summed E-state index contributed by atoms with van der Waals surface area (Å²) < 4.78 is 8.24. The summed E-state index contributed by atoms with van der Waals surface area (Å²) in [5.74, 6) is 1.35. The van der Waals surface area contributed by atoms with E-state index in [4.69, 9.17) is 4.74 Å². The van der Waals surface area contributed by atoms with Crippen molar-refractivity contribution < 1.29 is 9.84 Å². The van der Waals surface area contributed by atoms with Gasteiger partial charge in [0.25, 0.3) is 0 Å². The molecule has 1 saturated carbocycles. The number of aliphatic hydroxyl groups is 1. The largest absolute Gasteiger partial charge is 0.492 e. The summed E-state index contributed by atoms with van der Waals surface area (Å²) in [4.78, 5) is 8.17. The molecule has 0 amide bonds. The first-order valence-electron chi connectivity index (χ1n) is 10.8. The molecular weight excluding hydrogens is 382 g/mol. The third-order valence-corrected chi connectivity index (χ3v) is 7.27. The quantitative estimate of drug-likeness (QED) is 0.675. The van der Waals surface area contributed by atoms with Crippen molar-refractivity contribution in [3.8, 4) is 5.75 Å². The minimum Gasteiger partial charge on any atom is -0.492 e. The third kappa shape index (κ3) is 3.81. The van der Waals surface area contributed by atoms with E-state index < -0.39 is 0 Å². The predicted octanol–water partition coefficient (Wildman–Crippen LogP) is 4.71. The van der Waals surface area contributed by atoms with Crippen molar-refractivity contribution in [3.05, 3.63) is 52.3 Å². The van der Waals surface area contributed by atoms with Crippen molar-refractivity contribution in [1.29, 1.82) is 0 Å². The minimum atomic E-state index is -0.361. The summed E-state index contributed by atoms with van der Waals surface area (Å²) in [5, 5.41) is 13.0. The fourth-order valence-corrected chi connectivity index (χ4v) is 5.63. The second kappa shape index (κ2) is 8.09. The number of aryl methyl sites for hydroxylation is 1. The number of thiazole rings is 1. The van der Waals surface area contributed by atoms with E-state index in [-0.39, 0.29) is 6.10 Å². The van der Waals surface area contributed by atoms with Crippen LogP contribution in [0.25, 0.3) is 4.96 Å². The molecule has 1 fully saturated rings. The first kappa shape index (κ1) is 19.1. The molecule has 1 aromatic carbocycles. The molecule has 0 saturated heterocycles. The Kier molecular flexibility index (Phi) is 5.33. The van der Waals surface area contributed by atoms with Crippen molar-refractivity contribution in [2.45, 2.75) is 58.2 Å². The number of aromatic nitrogens is 2. The first-order valence-corrected chi connectivity index (χ1v) is 11.6. The van der Waals surface area contributed by atoms with Crippen LogP contribution in [0.1, 0.15) is 60.7 Å². The summed E-state index contributed by atoms with van der Waals surface area (Å²) in [6.45, 7) is 5.34. The van der Waals surface area contributed by atoms with Crippen LogP contribution in [0.15, 0.2) is 29.8 Å². The van der Waals surface area contributed by atoms with Gasteiger partial charge in [-0.1, -0.05) is 25.3 Å². The molecule has 5 rings (SSSR count). The van der Waals surface area contributed by atoms with Crippen molar-refractivity contribution in [1.82, 2.24) is 14.3 Å². The molecule has 2 aromatic heterocycles. The Labute approximate surface area is 176 Å². The van der Waals surface area contributed by atoms with Crippen LogP contribution in [-0.4, -0.2) is 32.5 Å². The number of fused-ring (bicyclic) bond motifs is 2. The Morgan fingerprint density at radius 1 is 1.28 bits per heavy atom. The maximum Gasteiger partial charge on any atom is 0.194 e. The minimum absolute atomic E-state index is 0.361. The van der Waals surface area contributed by atoms with Gasteiger partial charge in [0, 0.05) is 36.8 Å². The maximum absolute atomic E-state index is 11.0. The number of hydrogen-bond donors (Lipinski definition) is 1. The van der Waals surface area contributed by atoms with Gasteiger partial charge in [-0.05, 0) is 43.4 Å². The van der Waals surface area contributed by atoms with E-state index in [1.807, 2.05) is 0 Å². The van der Waals surface area contributed by atoms with Crippen LogP contribution >= 0.6 is 11.3 Å². The molecule has 0 radical (unpaired) electrons. The fourth-order valence-electron chi connectivity index (χ4n) is 4.85. The van der Waals surface area contributed by atoms with Crippen LogP contribution in [0.3, 0.4) is 0 Å². The Morgan fingerprint density at radius 2 is 2.14 bits per heavy atom. The molecule has 0 bridgehead atoms. The Balaban J connectivity index is 1.37. The van der Waals surface area contributed by atoms with E-state index in [0.29, 0.717) is 12.5 Å². The lowest BCUT2D eigenvalue weighted by atomic mass is 9.82. The molecule has 1 atom stereocenters. The van der Waals surface area contributed by atoms with Crippen molar-refractivity contribution in [2.75, 3.05) is 13.2 Å². The standard InChI is InChI=1S/C23H29N3O2S/c1-16-20(26-10-12-29-23(26)24-16)15-25-9-11-28-21-8-7-18(13-19(21)14-25)22(27)17-5-3-2-4-6-17/h7-8,10,12-13,17,22,27H,2-6,9,11,14-15H2,1H3. The molecule has 1 N–H and O–H groups in total. The van der Waals surface area contributed by atoms with Crippen LogP contribution in [0.4, 0.5) is 0 Å². The van der Waals surface area contributed by atoms with E-state index in [1.54, 1.807) is 11.3 Å². The monoisotopic (exact) mass is 411 g/mol. The summed E-state index contributed by atoms with van der Waals surface area (Å²) in [6, 6.07) is 6.29. The molecule has 2 aliphatic rings. The topological polar surface area (TPSA) is 50.0 Å². The molecule has 3 aromatic rings. The van der Waals surface area contributed by atoms with Crippen LogP contribution in [0, 0.1) is 12.8 Å². The van der Waals surface area contributed by atoms with Gasteiger partial charge in [0.15, 0.2) is 4.96 Å². The molecular formula is C23H29N3O2S. The second-order valence-corrected chi connectivity index (χ2v) is 9.34. The van der Waals surface area contributed by atoms with Crippen LogP contribution in [-0.2, 0) is 13.1 Å². The SMILES string of the molecule is Cc1nc2sccn2c1CN1CCOc2ccc(C(O)C3CCCCC3)cc2C1. The van der Waals surface area contributed by atoms with Crippen LogP contribution in [0.5, 0.6) is 5.75 Å². The Bertz CT molecular complexity index is 989. The van der Waals surface area contributed by atoms with Crippen LogP contribution < -0.4 is 4.74 Å². The predicted molar refractivity (Wildman–Crippen MR) is 115 cm³/mol. The molecule has 0 spiro atoms. The van der Waals surface area contributed by atoms with Gasteiger partial charge >= 0.3 is 0 Å². The normalized spacial score (nSPS) is 19.7. The van der Waals surface area contributed by atoms with Crippen molar-refractivity contribution in [3.63, 3.8) is 0 Å². The Morgan fingerprint density at radius 3 is 3.00 bits per heavy atom. The van der Waals surface area contributed by atoms with Gasteiger partial charge in [-0.3, -0.25) is 9.30 Å². The number of ether oxygens (including phenoxy) is 1. The van der Waals surface area contributed by atoms with Gasteiger partial charge in [-0.15, -0.1) is 11.3 Å². The highest BCUT2D eigenvalue weighted by molar-refractivity contribution is 7.15. The number of nitrogens with zero attached hydrogens (tertiary/aromatic N) is 3. The fraction of sp³-hybridized carbons (Fsp3) is 0.522. The highest BCUT2D eigenvalue weighted by Crippen LogP contribution is 2.36. The molecule has 1 aliphatic heterocycles. The number of rotatable bonds is 4. The zero-order valence-corrected chi connectivity index (χ0v) is 17.8. The molecule has 29 heavy (non-hydrogen) atoms. The summed E-state index contributed by atoms with van der Waals surface area (Å²) in [5.41, 5.74) is 4.58. The summed E-state index contributed by atoms with van der Waals surface area (Å²) >= 11 is 1.68. The van der Waals surface area contributed by atoms with E-state index in [2.05, 4.69) is 51.0 Å². The van der Waals surface area contributed by atoms with Gasteiger partial charge in [0.05, 0.1) is 17.5 Å². The molecule has 3 heterocycles. The molecule has 154 valence electrons. The van der Waals surface area contributed by atoms with Gasteiger partial charge in [-0.25, -0.2) is 4.98 Å². The van der Waals surface area contributed by atoms with Gasteiger partial charge in [0.1, 0.15) is 12.4 Å². The molecule has 1 unspecified atom stereocenters. The van der Waals surface area contributed by atoms with Crippen molar-refractivity contribution >= 4 is 16.3 Å². The smallest absolute Gasteiger partial charge is 0.194 e. The molecule has 6 heteroatoms. The zero-order valence-electron chi connectivity index (χ0n) is 17.0. The lowest BCUT2D eigenvalue weighted by Crippen LogP contribution is -2.26. The average molecular weight is 412 g/mol. The number of aliphatic hydroxyl groups excluding tert-OH is 1. The van der Waals surface area contributed by atoms with E-state index in [0.717, 1.165) is 54.4 Å². The summed E-state index contributed by atoms with van der Waals surface area (Å²) in [6.07, 6.45) is 7.81. The van der Waals surface area contributed by atoms with E-state index >= 15 is 0 Å². The van der Waals surface area contributed by atoms with E-state index in [9.17, 15) is 5.11 Å². The zero-order chi connectivity index (χ0) is 19.8. The number of imidazole rings is 1. The molecule has 1 aliphatic carbocycles. The van der Waals surface area contributed by atoms with Gasteiger partial charge in [0.2, 0.25) is 0 Å². The van der Waals surface area contributed by atoms with E-state index in [1.165, 1.54) is 30.5 Å². The third-order valence-electron chi connectivity index (χ3n) is 6.52. The summed E-state index contributed by atoms with van der Waals surface area (Å²) in [7, 11) is 0.